The van der Waals surface area contributed by atoms with Crippen molar-refractivity contribution in [1.29, 1.82) is 0 Å². The van der Waals surface area contributed by atoms with Gasteiger partial charge in [-0.3, -0.25) is 9.59 Å². The first-order valence-corrected chi connectivity index (χ1v) is 9.81. The van der Waals surface area contributed by atoms with Crippen LogP contribution in [0.1, 0.15) is 5.56 Å². The molecule has 0 radical (unpaired) electrons. The van der Waals surface area contributed by atoms with Crippen molar-refractivity contribution < 1.29 is 13.6 Å². The molecule has 3 aromatic carbocycles. The molecule has 0 atom stereocenters. The van der Waals surface area contributed by atoms with Crippen LogP contribution in [0.15, 0.2) is 87.5 Å². The summed E-state index contributed by atoms with van der Waals surface area (Å²) in [6, 6.07) is 19.3. The fourth-order valence-corrected chi connectivity index (χ4v) is 3.89. The summed E-state index contributed by atoms with van der Waals surface area (Å²) in [6.07, 6.45) is -0.309. The van der Waals surface area contributed by atoms with Gasteiger partial charge in [-0.15, -0.1) is 9.89 Å². The normalized spacial score (nSPS) is 10.9. The molecule has 0 aliphatic carbocycles. The van der Waals surface area contributed by atoms with Crippen LogP contribution in [-0.4, -0.2) is 15.8 Å². The smallest absolute Gasteiger partial charge is 0.273 e. The zero-order chi connectivity index (χ0) is 21.1. The van der Waals surface area contributed by atoms with Crippen molar-refractivity contribution >= 4 is 28.4 Å². The van der Waals surface area contributed by atoms with Crippen LogP contribution in [0.25, 0.3) is 10.8 Å². The Morgan fingerprint density at radius 2 is 1.57 bits per heavy atom. The third-order valence-electron chi connectivity index (χ3n) is 4.25. The van der Waals surface area contributed by atoms with E-state index in [1.807, 2.05) is 30.3 Å². The van der Waals surface area contributed by atoms with E-state index < -0.39 is 23.1 Å². The molecule has 30 heavy (non-hydrogen) atoms. The number of aromatic nitrogens is 2. The summed E-state index contributed by atoms with van der Waals surface area (Å²) in [5, 5.41) is 5.89. The van der Waals surface area contributed by atoms with Gasteiger partial charge < -0.3 is 0 Å². The van der Waals surface area contributed by atoms with Crippen LogP contribution in [-0.2, 0) is 11.2 Å². The molecule has 1 N–H and O–H groups in total. The third-order valence-corrected chi connectivity index (χ3v) is 5.25. The topological polar surface area (TPSA) is 64.0 Å². The van der Waals surface area contributed by atoms with Gasteiger partial charge in [-0.1, -0.05) is 48.2 Å². The van der Waals surface area contributed by atoms with Crippen molar-refractivity contribution in [1.82, 2.24) is 9.89 Å². The van der Waals surface area contributed by atoms with Crippen LogP contribution in [0.3, 0.4) is 0 Å². The van der Waals surface area contributed by atoms with Gasteiger partial charge in [-0.2, -0.15) is 0 Å². The van der Waals surface area contributed by atoms with Crippen molar-refractivity contribution in [3.8, 4) is 0 Å². The lowest BCUT2D eigenvalue weighted by atomic mass is 10.1. The number of nitrogens with one attached hydrogen (secondary N) is 1. The first kappa shape index (κ1) is 19.8. The van der Waals surface area contributed by atoms with Gasteiger partial charge in [0.1, 0.15) is 16.7 Å². The molecule has 1 amide bonds. The quantitative estimate of drug-likeness (QED) is 0.524. The summed E-state index contributed by atoms with van der Waals surface area (Å²) >= 11 is 1.35. The lowest BCUT2D eigenvalue weighted by Gasteiger charge is -2.12. The summed E-state index contributed by atoms with van der Waals surface area (Å²) in [4.78, 5) is 27.0. The van der Waals surface area contributed by atoms with Gasteiger partial charge in [0.15, 0.2) is 0 Å². The zero-order valence-corrected chi connectivity index (χ0v) is 16.3. The number of carbonyl (C=O) groups is 1. The molecule has 8 heteroatoms. The van der Waals surface area contributed by atoms with Crippen molar-refractivity contribution in [3.05, 3.63) is 100 Å². The summed E-state index contributed by atoms with van der Waals surface area (Å²) < 4.78 is 26.7. The average molecular weight is 423 g/mol. The van der Waals surface area contributed by atoms with E-state index >= 15 is 0 Å². The Kier molecular flexibility index (Phi) is 5.58. The molecule has 4 aromatic rings. The second-order valence-electron chi connectivity index (χ2n) is 6.47. The number of halogens is 2. The molecule has 150 valence electrons. The molecule has 0 aliphatic heterocycles. The Balaban J connectivity index is 1.67. The van der Waals surface area contributed by atoms with Crippen LogP contribution in [0.2, 0.25) is 0 Å². The molecule has 1 aromatic heterocycles. The van der Waals surface area contributed by atoms with Crippen molar-refractivity contribution in [3.63, 3.8) is 0 Å². The minimum Gasteiger partial charge on any atom is -0.273 e. The Morgan fingerprint density at radius 3 is 2.27 bits per heavy atom. The average Bonchev–Trinajstić information content (AvgIpc) is 2.71. The second-order valence-corrected chi connectivity index (χ2v) is 7.53. The molecule has 1 heterocycles. The predicted octanol–water partition coefficient (Wildman–Crippen LogP) is 4.14. The van der Waals surface area contributed by atoms with Gasteiger partial charge in [0.25, 0.3) is 5.56 Å². The van der Waals surface area contributed by atoms with E-state index in [1.54, 1.807) is 24.3 Å². The molecule has 4 rings (SSSR count). The SMILES string of the molecule is O=C(Cc1cc(F)cc(F)c1)Nn1nc(Sc2ccccc2)c2ccccc2c1=O. The van der Waals surface area contributed by atoms with Gasteiger partial charge in [-0.05, 0) is 35.9 Å². The highest BCUT2D eigenvalue weighted by molar-refractivity contribution is 7.99. The molecule has 0 spiro atoms. The minimum atomic E-state index is -0.777. The Labute approximate surface area is 174 Å². The summed E-state index contributed by atoms with van der Waals surface area (Å²) in [6.45, 7) is 0. The van der Waals surface area contributed by atoms with Gasteiger partial charge in [0.05, 0.1) is 11.8 Å². The van der Waals surface area contributed by atoms with Crippen LogP contribution in [0, 0.1) is 11.6 Å². The number of fused-ring (bicyclic) bond motifs is 1. The highest BCUT2D eigenvalue weighted by Gasteiger charge is 2.14. The molecular weight excluding hydrogens is 408 g/mol. The van der Waals surface area contributed by atoms with Crippen LogP contribution >= 0.6 is 11.8 Å². The molecule has 0 bridgehead atoms. The number of rotatable bonds is 5. The van der Waals surface area contributed by atoms with Gasteiger partial charge in [0.2, 0.25) is 5.91 Å². The molecule has 5 nitrogen and oxygen atoms in total. The zero-order valence-electron chi connectivity index (χ0n) is 15.5. The lowest BCUT2D eigenvalue weighted by Crippen LogP contribution is -2.36. The van der Waals surface area contributed by atoms with E-state index in [-0.39, 0.29) is 12.0 Å². The molecule has 0 saturated carbocycles. The number of benzene rings is 3. The van der Waals surface area contributed by atoms with E-state index in [2.05, 4.69) is 10.5 Å². The first-order chi connectivity index (χ1) is 14.5. The maximum atomic E-state index is 13.4. The largest absolute Gasteiger partial charge is 0.294 e. The summed E-state index contributed by atoms with van der Waals surface area (Å²) in [5.41, 5.74) is 2.06. The Hall–Kier alpha value is -3.52. The Bertz CT molecular complexity index is 1270. The minimum absolute atomic E-state index is 0.151. The van der Waals surface area contributed by atoms with E-state index in [0.29, 0.717) is 15.8 Å². The molecule has 0 aliphatic rings. The predicted molar refractivity (Wildman–Crippen MR) is 111 cm³/mol. The van der Waals surface area contributed by atoms with Gasteiger partial charge >= 0.3 is 0 Å². The Morgan fingerprint density at radius 1 is 0.933 bits per heavy atom. The summed E-state index contributed by atoms with van der Waals surface area (Å²) in [5.74, 6) is -2.18. The van der Waals surface area contributed by atoms with E-state index in [4.69, 9.17) is 0 Å². The van der Waals surface area contributed by atoms with Crippen molar-refractivity contribution in [2.45, 2.75) is 16.3 Å². The molecule has 0 unspecified atom stereocenters. The maximum Gasteiger partial charge on any atom is 0.294 e. The first-order valence-electron chi connectivity index (χ1n) is 8.99. The highest BCUT2D eigenvalue weighted by Crippen LogP contribution is 2.30. The number of carbonyl (C=O) groups excluding carboxylic acids is 1. The van der Waals surface area contributed by atoms with Crippen LogP contribution in [0.4, 0.5) is 8.78 Å². The number of nitrogens with zero attached hydrogens (tertiary/aromatic N) is 2. The van der Waals surface area contributed by atoms with Crippen molar-refractivity contribution in [2.24, 2.45) is 0 Å². The van der Waals surface area contributed by atoms with Gasteiger partial charge in [0, 0.05) is 16.3 Å². The lowest BCUT2D eigenvalue weighted by molar-refractivity contribution is -0.116. The summed E-state index contributed by atoms with van der Waals surface area (Å²) in [7, 11) is 0. The van der Waals surface area contributed by atoms with Crippen molar-refractivity contribution in [2.75, 3.05) is 5.43 Å². The standard InChI is InChI=1S/C22H15F2N3O2S/c23-15-10-14(11-16(24)13-15)12-20(28)25-27-22(29)19-9-5-4-8-18(19)21(26-27)30-17-6-2-1-3-7-17/h1-11,13H,12H2,(H,25,28). The highest BCUT2D eigenvalue weighted by atomic mass is 32.2. The molecular formula is C22H15F2N3O2S. The van der Waals surface area contributed by atoms with E-state index in [9.17, 15) is 18.4 Å². The monoisotopic (exact) mass is 423 g/mol. The number of amides is 1. The van der Waals surface area contributed by atoms with Crippen LogP contribution in [0.5, 0.6) is 0 Å². The maximum absolute atomic E-state index is 13.4. The molecule has 0 saturated heterocycles. The number of hydrogen-bond donors (Lipinski definition) is 1. The second kappa shape index (κ2) is 8.46. The van der Waals surface area contributed by atoms with E-state index in [1.165, 1.54) is 11.8 Å². The third kappa shape index (κ3) is 4.38. The van der Waals surface area contributed by atoms with Crippen LogP contribution < -0.4 is 11.0 Å². The number of hydrogen-bond acceptors (Lipinski definition) is 4. The van der Waals surface area contributed by atoms with Gasteiger partial charge in [-0.25, -0.2) is 14.2 Å². The fourth-order valence-electron chi connectivity index (χ4n) is 2.97. The molecule has 0 fully saturated rings. The van der Waals surface area contributed by atoms with E-state index in [0.717, 1.165) is 27.9 Å². The fraction of sp³-hybridized carbons (Fsp3) is 0.0455.